The highest BCUT2D eigenvalue weighted by Gasteiger charge is 2.07. The molecule has 1 N–H and O–H groups in total. The lowest BCUT2D eigenvalue weighted by molar-refractivity contribution is 0.102. The minimum absolute atomic E-state index is 0.199. The summed E-state index contributed by atoms with van der Waals surface area (Å²) >= 11 is 1.53. The van der Waals surface area contributed by atoms with Crippen molar-refractivity contribution in [2.24, 2.45) is 0 Å². The van der Waals surface area contributed by atoms with E-state index >= 15 is 0 Å². The summed E-state index contributed by atoms with van der Waals surface area (Å²) < 4.78 is 11.4. The molecule has 7 heteroatoms. The van der Waals surface area contributed by atoms with Crippen molar-refractivity contribution >= 4 is 22.9 Å². The van der Waals surface area contributed by atoms with Crippen LogP contribution in [0, 0.1) is 6.92 Å². The van der Waals surface area contributed by atoms with Crippen LogP contribution in [0.5, 0.6) is 17.4 Å². The van der Waals surface area contributed by atoms with Crippen LogP contribution in [0.1, 0.15) is 21.6 Å². The predicted molar refractivity (Wildman–Crippen MR) is 116 cm³/mol. The molecule has 0 radical (unpaired) electrons. The number of anilines is 1. The van der Waals surface area contributed by atoms with Crippen molar-refractivity contribution in [1.82, 2.24) is 9.97 Å². The van der Waals surface area contributed by atoms with E-state index in [9.17, 15) is 4.79 Å². The van der Waals surface area contributed by atoms with Gasteiger partial charge in [-0.1, -0.05) is 6.07 Å². The third-order valence-electron chi connectivity index (χ3n) is 4.21. The maximum atomic E-state index is 12.5. The smallest absolute Gasteiger partial charge is 0.255 e. The average Bonchev–Trinajstić information content (AvgIpc) is 3.29. The monoisotopic (exact) mass is 417 g/mol. The number of carbonyl (C=O) groups excluding carboxylic acids is 1. The second kappa shape index (κ2) is 9.19. The fourth-order valence-corrected chi connectivity index (χ4v) is 3.16. The Balaban J connectivity index is 1.32. The highest BCUT2D eigenvalue weighted by Crippen LogP contribution is 2.22. The van der Waals surface area contributed by atoms with Gasteiger partial charge < -0.3 is 14.8 Å². The van der Waals surface area contributed by atoms with Gasteiger partial charge in [-0.3, -0.25) is 4.79 Å². The predicted octanol–water partition coefficient (Wildman–Crippen LogP) is 5.47. The van der Waals surface area contributed by atoms with Crippen molar-refractivity contribution in [3.05, 3.63) is 94.6 Å². The van der Waals surface area contributed by atoms with Gasteiger partial charge in [0.15, 0.2) is 0 Å². The van der Waals surface area contributed by atoms with Gasteiger partial charge in [0.2, 0.25) is 5.88 Å². The van der Waals surface area contributed by atoms with Crippen LogP contribution in [0.25, 0.3) is 0 Å². The fourth-order valence-electron chi connectivity index (χ4n) is 2.61. The zero-order chi connectivity index (χ0) is 20.8. The van der Waals surface area contributed by atoms with Gasteiger partial charge in [-0.05, 0) is 61.0 Å². The Labute approximate surface area is 178 Å². The minimum atomic E-state index is -0.199. The molecule has 0 fully saturated rings. The molecule has 0 atom stereocenters. The van der Waals surface area contributed by atoms with Gasteiger partial charge in [-0.25, -0.2) is 9.97 Å². The Bertz CT molecular complexity index is 1090. The molecule has 0 aliphatic carbocycles. The van der Waals surface area contributed by atoms with Crippen LogP contribution >= 0.6 is 11.3 Å². The Morgan fingerprint density at radius 2 is 1.73 bits per heavy atom. The molecule has 0 saturated carbocycles. The Morgan fingerprint density at radius 3 is 2.40 bits per heavy atom. The van der Waals surface area contributed by atoms with E-state index < -0.39 is 0 Å². The third-order valence-corrected chi connectivity index (χ3v) is 4.84. The van der Waals surface area contributed by atoms with Crippen LogP contribution in [-0.2, 0) is 6.61 Å². The molecule has 2 aromatic carbocycles. The first-order chi connectivity index (χ1) is 14.7. The van der Waals surface area contributed by atoms with E-state index in [-0.39, 0.29) is 5.91 Å². The number of aryl methyl sites for hydroxylation is 1. The molecule has 0 bridgehead atoms. The van der Waals surface area contributed by atoms with Gasteiger partial charge in [0.25, 0.3) is 5.91 Å². The van der Waals surface area contributed by atoms with Crippen molar-refractivity contribution < 1.29 is 14.3 Å². The van der Waals surface area contributed by atoms with Crippen LogP contribution in [-0.4, -0.2) is 15.9 Å². The van der Waals surface area contributed by atoms with Crippen molar-refractivity contribution in [3.63, 3.8) is 0 Å². The molecule has 2 heterocycles. The van der Waals surface area contributed by atoms with Crippen molar-refractivity contribution in [1.29, 1.82) is 0 Å². The summed E-state index contributed by atoms with van der Waals surface area (Å²) in [5, 5.41) is 4.81. The Kier molecular flexibility index (Phi) is 6.01. The van der Waals surface area contributed by atoms with Crippen molar-refractivity contribution in [2.75, 3.05) is 5.32 Å². The minimum Gasteiger partial charge on any atom is -0.487 e. The number of pyridine rings is 1. The number of hydrogen-bond donors (Lipinski definition) is 1. The summed E-state index contributed by atoms with van der Waals surface area (Å²) in [5.74, 6) is 1.65. The second-order valence-electron chi connectivity index (χ2n) is 6.55. The molecule has 4 aromatic rings. The zero-order valence-corrected chi connectivity index (χ0v) is 17.1. The van der Waals surface area contributed by atoms with Crippen LogP contribution in [0.4, 0.5) is 5.69 Å². The first kappa shape index (κ1) is 19.6. The summed E-state index contributed by atoms with van der Waals surface area (Å²) in [6.07, 6.45) is 1.75. The molecule has 0 aliphatic rings. The maximum Gasteiger partial charge on any atom is 0.255 e. The van der Waals surface area contributed by atoms with E-state index in [4.69, 9.17) is 9.47 Å². The number of nitrogens with one attached hydrogen (secondary N) is 1. The van der Waals surface area contributed by atoms with Crippen molar-refractivity contribution in [3.8, 4) is 17.4 Å². The largest absolute Gasteiger partial charge is 0.487 e. The highest BCUT2D eigenvalue weighted by atomic mass is 32.1. The normalized spacial score (nSPS) is 10.4. The van der Waals surface area contributed by atoms with Gasteiger partial charge >= 0.3 is 0 Å². The van der Waals surface area contributed by atoms with E-state index in [0.717, 1.165) is 11.3 Å². The summed E-state index contributed by atoms with van der Waals surface area (Å²) in [7, 11) is 0. The fraction of sp³-hybridized carbons (Fsp3) is 0.0870. The lowest BCUT2D eigenvalue weighted by atomic mass is 10.2. The first-order valence-electron chi connectivity index (χ1n) is 9.27. The summed E-state index contributed by atoms with van der Waals surface area (Å²) in [6, 6.07) is 17.9. The molecule has 6 nitrogen and oxygen atoms in total. The Hall–Kier alpha value is -3.71. The molecule has 0 unspecified atom stereocenters. The summed E-state index contributed by atoms with van der Waals surface area (Å²) in [6.45, 7) is 2.37. The number of nitrogens with zero attached hydrogens (tertiary/aromatic N) is 2. The molecule has 30 heavy (non-hydrogen) atoms. The number of benzene rings is 2. The number of aromatic nitrogens is 2. The average molecular weight is 417 g/mol. The van der Waals surface area contributed by atoms with E-state index in [0.29, 0.717) is 35.2 Å². The Morgan fingerprint density at radius 1 is 0.967 bits per heavy atom. The molecule has 4 rings (SSSR count). The molecule has 150 valence electrons. The quantitative estimate of drug-likeness (QED) is 0.432. The van der Waals surface area contributed by atoms with E-state index in [2.05, 4.69) is 15.3 Å². The topological polar surface area (TPSA) is 73.3 Å². The van der Waals surface area contributed by atoms with Crippen LogP contribution in [0.15, 0.2) is 77.8 Å². The van der Waals surface area contributed by atoms with Crippen LogP contribution < -0.4 is 14.8 Å². The molecule has 0 spiro atoms. The molecular weight excluding hydrogens is 398 g/mol. The summed E-state index contributed by atoms with van der Waals surface area (Å²) in [4.78, 5) is 20.9. The molecular formula is C23H19N3O3S. The number of carbonyl (C=O) groups is 1. The van der Waals surface area contributed by atoms with Crippen molar-refractivity contribution in [2.45, 2.75) is 13.5 Å². The number of rotatable bonds is 7. The summed E-state index contributed by atoms with van der Waals surface area (Å²) in [5.41, 5.74) is 4.93. The first-order valence-corrected chi connectivity index (χ1v) is 10.2. The number of amides is 1. The number of hydrogen-bond acceptors (Lipinski definition) is 6. The van der Waals surface area contributed by atoms with E-state index in [1.54, 1.807) is 60.2 Å². The van der Waals surface area contributed by atoms with Gasteiger partial charge in [0.1, 0.15) is 18.1 Å². The second-order valence-corrected chi connectivity index (χ2v) is 7.27. The lowest BCUT2D eigenvalue weighted by Crippen LogP contribution is -2.11. The van der Waals surface area contributed by atoms with E-state index in [1.807, 2.05) is 24.4 Å². The molecule has 2 aromatic heterocycles. The standard InChI is InChI=1S/C23H19N3O3S/c1-16-2-11-22(24-12-16)29-21-9-5-18(6-10-21)26-23(27)17-3-7-20(8-4-17)28-13-19-14-30-15-25-19/h2-12,14-15H,13H2,1H3,(H,26,27). The van der Waals surface area contributed by atoms with Gasteiger partial charge in [-0.15, -0.1) is 11.3 Å². The van der Waals surface area contributed by atoms with Crippen LogP contribution in [0.2, 0.25) is 0 Å². The highest BCUT2D eigenvalue weighted by molar-refractivity contribution is 7.07. The number of ether oxygens (including phenoxy) is 2. The third kappa shape index (κ3) is 5.21. The van der Waals surface area contributed by atoms with Crippen LogP contribution in [0.3, 0.4) is 0 Å². The van der Waals surface area contributed by atoms with Gasteiger partial charge in [0.05, 0.1) is 11.2 Å². The van der Waals surface area contributed by atoms with E-state index in [1.165, 1.54) is 11.3 Å². The number of thiazole rings is 1. The maximum absolute atomic E-state index is 12.5. The van der Waals surface area contributed by atoms with Gasteiger partial charge in [-0.2, -0.15) is 0 Å². The SMILES string of the molecule is Cc1ccc(Oc2ccc(NC(=O)c3ccc(OCc4cscn4)cc3)cc2)nc1. The molecule has 1 amide bonds. The lowest BCUT2D eigenvalue weighted by Gasteiger charge is -2.09. The molecule has 0 aliphatic heterocycles. The zero-order valence-electron chi connectivity index (χ0n) is 16.2. The van der Waals surface area contributed by atoms with Gasteiger partial charge in [0, 0.05) is 28.9 Å². The molecule has 0 saturated heterocycles.